The highest BCUT2D eigenvalue weighted by Gasteiger charge is 2.40. The average Bonchev–Trinajstić information content (AvgIpc) is 2.99. The third-order valence-electron chi connectivity index (χ3n) is 3.88. The molecule has 21 heavy (non-hydrogen) atoms. The van der Waals surface area contributed by atoms with E-state index in [0.717, 1.165) is 5.56 Å². The minimum atomic E-state index is -1.16. The van der Waals surface area contributed by atoms with Gasteiger partial charge in [-0.1, -0.05) is 13.8 Å². The molecule has 5 nitrogen and oxygen atoms in total. The van der Waals surface area contributed by atoms with Gasteiger partial charge in [0, 0.05) is 5.41 Å². The average molecular weight is 307 g/mol. The lowest BCUT2D eigenvalue weighted by atomic mass is 9.69. The number of rotatable bonds is 5. The summed E-state index contributed by atoms with van der Waals surface area (Å²) < 4.78 is 0. The molecule has 0 aliphatic carbocycles. The van der Waals surface area contributed by atoms with Crippen LogP contribution >= 0.6 is 11.3 Å². The topological polar surface area (TPSA) is 86.6 Å². The van der Waals surface area contributed by atoms with E-state index in [1.165, 1.54) is 11.3 Å². The largest absolute Gasteiger partial charge is 0.477 e. The van der Waals surface area contributed by atoms with Crippen LogP contribution in [0.15, 0.2) is 39.9 Å². The molecule has 3 N–H and O–H groups in total. The molecule has 6 heteroatoms. The van der Waals surface area contributed by atoms with Crippen LogP contribution < -0.4 is 5.32 Å². The van der Waals surface area contributed by atoms with Gasteiger partial charge < -0.3 is 15.5 Å². The molecule has 0 amide bonds. The summed E-state index contributed by atoms with van der Waals surface area (Å²) in [6.07, 6.45) is 2.77. The van der Waals surface area contributed by atoms with Crippen molar-refractivity contribution in [2.24, 2.45) is 0 Å². The summed E-state index contributed by atoms with van der Waals surface area (Å²) in [5, 5.41) is 25.1. The van der Waals surface area contributed by atoms with Gasteiger partial charge in [0.1, 0.15) is 11.4 Å². The first kappa shape index (κ1) is 15.3. The summed E-state index contributed by atoms with van der Waals surface area (Å²) in [5.74, 6) is -2.29. The fraction of sp³-hybridized carbons (Fsp3) is 0.333. The van der Waals surface area contributed by atoms with E-state index >= 15 is 0 Å². The molecule has 0 saturated carbocycles. The first-order valence-electron chi connectivity index (χ1n) is 6.69. The van der Waals surface area contributed by atoms with Crippen molar-refractivity contribution in [2.75, 3.05) is 0 Å². The van der Waals surface area contributed by atoms with Crippen molar-refractivity contribution >= 4 is 23.3 Å². The van der Waals surface area contributed by atoms with Crippen molar-refractivity contribution in [3.8, 4) is 0 Å². The Morgan fingerprint density at radius 3 is 2.43 bits per heavy atom. The van der Waals surface area contributed by atoms with Crippen LogP contribution in [-0.2, 0) is 15.0 Å². The first-order chi connectivity index (χ1) is 9.96. The number of carbonyl (C=O) groups is 2. The molecule has 112 valence electrons. The second kappa shape index (κ2) is 5.73. The molecule has 1 aromatic rings. The zero-order chi connectivity index (χ0) is 15.6. The number of carboxylic acid groups (broad SMARTS) is 2. The Balaban J connectivity index is 2.74. The lowest BCUT2D eigenvalue weighted by molar-refractivity contribution is -0.133. The van der Waals surface area contributed by atoms with Gasteiger partial charge in [-0.25, -0.2) is 9.59 Å². The van der Waals surface area contributed by atoms with Gasteiger partial charge >= 0.3 is 11.9 Å². The first-order valence-corrected chi connectivity index (χ1v) is 7.63. The minimum absolute atomic E-state index is 0.0227. The fourth-order valence-electron chi connectivity index (χ4n) is 2.89. The number of aliphatic carboxylic acids is 2. The number of thiophene rings is 1. The van der Waals surface area contributed by atoms with Gasteiger partial charge in [-0.3, -0.25) is 0 Å². The molecule has 2 rings (SSSR count). The molecular formula is C15H17NO4S. The number of hydrogen-bond acceptors (Lipinski definition) is 4. The summed E-state index contributed by atoms with van der Waals surface area (Å²) in [7, 11) is 0. The molecule has 1 atom stereocenters. The van der Waals surface area contributed by atoms with Gasteiger partial charge in [0.15, 0.2) is 0 Å². The summed E-state index contributed by atoms with van der Waals surface area (Å²) in [4.78, 5) is 22.9. The lowest BCUT2D eigenvalue weighted by Crippen LogP contribution is -2.39. The third kappa shape index (κ3) is 2.47. The molecule has 0 aromatic carbocycles. The standard InChI is InChI=1S/C15H17NO4S/c1-3-10-12(14(19)20)16-11(13(17)18)7-15(10,4-2)9-5-6-21-8-9/h5-8,16H,3-4H2,1-2H3,(H,17,18)(H,19,20). The van der Waals surface area contributed by atoms with Crippen LogP contribution in [0, 0.1) is 0 Å². The molecule has 1 aromatic heterocycles. The number of carboxylic acids is 2. The van der Waals surface area contributed by atoms with Crippen LogP contribution in [0.2, 0.25) is 0 Å². The van der Waals surface area contributed by atoms with Crippen LogP contribution in [0.5, 0.6) is 0 Å². The van der Waals surface area contributed by atoms with Crippen LogP contribution in [0.25, 0.3) is 0 Å². The number of hydrogen-bond donors (Lipinski definition) is 3. The van der Waals surface area contributed by atoms with Crippen molar-refractivity contribution in [1.82, 2.24) is 5.32 Å². The van der Waals surface area contributed by atoms with E-state index in [9.17, 15) is 19.8 Å². The Kier molecular flexibility index (Phi) is 4.18. The molecular weight excluding hydrogens is 290 g/mol. The summed E-state index contributed by atoms with van der Waals surface area (Å²) in [6, 6.07) is 1.92. The van der Waals surface area contributed by atoms with Gasteiger partial charge in [0.05, 0.1) is 0 Å². The molecule has 0 saturated heterocycles. The number of allylic oxidation sites excluding steroid dienone is 2. The molecule has 1 aliphatic rings. The fourth-order valence-corrected chi connectivity index (χ4v) is 3.63. The van der Waals surface area contributed by atoms with Crippen molar-refractivity contribution in [3.05, 3.63) is 45.4 Å². The SMILES string of the molecule is CCC1=C(C(=O)O)NC(C(=O)O)=CC1(CC)c1ccsc1. The zero-order valence-electron chi connectivity index (χ0n) is 11.8. The Hall–Kier alpha value is -2.08. The maximum atomic E-state index is 11.5. The van der Waals surface area contributed by atoms with Gasteiger partial charge in [-0.05, 0) is 46.9 Å². The normalized spacial score (nSPS) is 21.7. The van der Waals surface area contributed by atoms with Gasteiger partial charge in [0.25, 0.3) is 0 Å². The maximum Gasteiger partial charge on any atom is 0.352 e. The van der Waals surface area contributed by atoms with E-state index in [-0.39, 0.29) is 11.4 Å². The van der Waals surface area contributed by atoms with Crippen LogP contribution in [0.3, 0.4) is 0 Å². The molecule has 1 unspecified atom stereocenters. The Morgan fingerprint density at radius 2 is 2.00 bits per heavy atom. The van der Waals surface area contributed by atoms with Crippen LogP contribution in [0.1, 0.15) is 32.3 Å². The van der Waals surface area contributed by atoms with Crippen molar-refractivity contribution in [2.45, 2.75) is 32.1 Å². The monoisotopic (exact) mass is 307 g/mol. The highest BCUT2D eigenvalue weighted by Crippen LogP contribution is 2.43. The highest BCUT2D eigenvalue weighted by molar-refractivity contribution is 7.08. The van der Waals surface area contributed by atoms with Crippen LogP contribution in [-0.4, -0.2) is 22.2 Å². The third-order valence-corrected chi connectivity index (χ3v) is 4.57. The molecule has 2 heterocycles. The molecule has 1 aliphatic heterocycles. The predicted molar refractivity (Wildman–Crippen MR) is 80.1 cm³/mol. The van der Waals surface area contributed by atoms with E-state index in [2.05, 4.69) is 5.32 Å². The predicted octanol–water partition coefficient (Wildman–Crippen LogP) is 2.72. The van der Waals surface area contributed by atoms with Gasteiger partial charge in [0.2, 0.25) is 0 Å². The van der Waals surface area contributed by atoms with E-state index in [1.54, 1.807) is 6.08 Å². The highest BCUT2D eigenvalue weighted by atomic mass is 32.1. The molecule has 0 spiro atoms. The Morgan fingerprint density at radius 1 is 1.29 bits per heavy atom. The Labute approximate surface area is 126 Å². The zero-order valence-corrected chi connectivity index (χ0v) is 12.7. The molecule has 0 fully saturated rings. The maximum absolute atomic E-state index is 11.5. The minimum Gasteiger partial charge on any atom is -0.477 e. The number of dihydropyridines is 1. The lowest BCUT2D eigenvalue weighted by Gasteiger charge is -2.37. The van der Waals surface area contributed by atoms with Crippen LogP contribution in [0.4, 0.5) is 0 Å². The summed E-state index contributed by atoms with van der Waals surface area (Å²) in [5.41, 5.74) is 0.858. The summed E-state index contributed by atoms with van der Waals surface area (Å²) >= 11 is 1.51. The molecule has 0 radical (unpaired) electrons. The van der Waals surface area contributed by atoms with E-state index in [1.807, 2.05) is 30.7 Å². The van der Waals surface area contributed by atoms with E-state index < -0.39 is 17.4 Å². The second-order valence-electron chi connectivity index (χ2n) is 4.84. The van der Waals surface area contributed by atoms with Crippen molar-refractivity contribution < 1.29 is 19.8 Å². The van der Waals surface area contributed by atoms with E-state index in [0.29, 0.717) is 18.4 Å². The van der Waals surface area contributed by atoms with Gasteiger partial charge in [-0.2, -0.15) is 11.3 Å². The summed E-state index contributed by atoms with van der Waals surface area (Å²) in [6.45, 7) is 3.82. The van der Waals surface area contributed by atoms with Crippen molar-refractivity contribution in [1.29, 1.82) is 0 Å². The van der Waals surface area contributed by atoms with Gasteiger partial charge in [-0.15, -0.1) is 0 Å². The Bertz CT molecular complexity index is 630. The van der Waals surface area contributed by atoms with Crippen molar-refractivity contribution in [3.63, 3.8) is 0 Å². The smallest absolute Gasteiger partial charge is 0.352 e. The number of nitrogens with one attached hydrogen (secondary N) is 1. The van der Waals surface area contributed by atoms with E-state index in [4.69, 9.17) is 0 Å². The second-order valence-corrected chi connectivity index (χ2v) is 5.62. The quantitative estimate of drug-likeness (QED) is 0.778. The molecule has 0 bridgehead atoms.